The van der Waals surface area contributed by atoms with Gasteiger partial charge >= 0.3 is 5.69 Å². The lowest BCUT2D eigenvalue weighted by Gasteiger charge is -2.02. The van der Waals surface area contributed by atoms with Gasteiger partial charge in [0.1, 0.15) is 4.21 Å². The van der Waals surface area contributed by atoms with Crippen molar-refractivity contribution in [2.75, 3.05) is 16.6 Å². The molecule has 0 amide bonds. The average Bonchev–Trinajstić information content (AvgIpc) is 2.85. The van der Waals surface area contributed by atoms with Crippen LogP contribution in [0.2, 0.25) is 0 Å². The first-order valence-corrected chi connectivity index (χ1v) is 8.06. The van der Waals surface area contributed by atoms with E-state index in [-0.39, 0.29) is 20.8 Å². The molecular formula is C10H11N5O4S2. The molecular weight excluding hydrogens is 318 g/mol. The van der Waals surface area contributed by atoms with Crippen LogP contribution in [-0.2, 0) is 10.0 Å². The van der Waals surface area contributed by atoms with Gasteiger partial charge in [-0.05, 0) is 13.0 Å². The minimum Gasteiger partial charge on any atom is -0.372 e. The van der Waals surface area contributed by atoms with Crippen molar-refractivity contribution in [2.45, 2.75) is 11.1 Å². The topological polar surface area (TPSA) is 127 Å². The Morgan fingerprint density at radius 3 is 2.62 bits per heavy atom. The first-order valence-electron chi connectivity index (χ1n) is 5.76. The van der Waals surface area contributed by atoms with Gasteiger partial charge in [-0.15, -0.1) is 0 Å². The molecule has 9 nitrogen and oxygen atoms in total. The van der Waals surface area contributed by atoms with Crippen molar-refractivity contribution in [1.29, 1.82) is 0 Å². The third kappa shape index (κ3) is 3.44. The fourth-order valence-electron chi connectivity index (χ4n) is 1.44. The van der Waals surface area contributed by atoms with E-state index in [2.05, 4.69) is 20.0 Å². The van der Waals surface area contributed by atoms with Crippen LogP contribution in [0.3, 0.4) is 0 Å². The smallest absolute Gasteiger partial charge is 0.304 e. The first kappa shape index (κ1) is 15.1. The summed E-state index contributed by atoms with van der Waals surface area (Å²) in [5, 5.41) is 13.9. The Morgan fingerprint density at radius 2 is 2.05 bits per heavy atom. The fraction of sp³-hybridized carbons (Fsp3) is 0.200. The summed E-state index contributed by atoms with van der Waals surface area (Å²) in [5.41, 5.74) is -0.281. The molecule has 0 spiro atoms. The van der Waals surface area contributed by atoms with E-state index < -0.39 is 14.9 Å². The monoisotopic (exact) mass is 329 g/mol. The number of nitro groups is 1. The number of rotatable bonds is 6. The minimum atomic E-state index is -3.97. The van der Waals surface area contributed by atoms with E-state index in [1.165, 1.54) is 18.5 Å². The fourth-order valence-corrected chi connectivity index (χ4v) is 3.79. The third-order valence-corrected chi connectivity index (χ3v) is 5.16. The quantitative estimate of drug-likeness (QED) is 0.609. The molecule has 2 aromatic rings. The summed E-state index contributed by atoms with van der Waals surface area (Å²) in [6, 6.07) is 2.55. The maximum atomic E-state index is 12.2. The largest absolute Gasteiger partial charge is 0.372 e. The molecule has 2 aromatic heterocycles. The summed E-state index contributed by atoms with van der Waals surface area (Å²) in [6.45, 7) is 2.20. The van der Waals surface area contributed by atoms with Gasteiger partial charge in [-0.2, -0.15) is 0 Å². The zero-order chi connectivity index (χ0) is 15.5. The second-order valence-electron chi connectivity index (χ2n) is 3.75. The molecule has 0 saturated heterocycles. The maximum absolute atomic E-state index is 12.2. The van der Waals surface area contributed by atoms with Gasteiger partial charge in [0.2, 0.25) is 5.95 Å². The first-order chi connectivity index (χ1) is 9.94. The van der Waals surface area contributed by atoms with Gasteiger partial charge in [0.15, 0.2) is 5.00 Å². The van der Waals surface area contributed by atoms with Gasteiger partial charge < -0.3 is 5.32 Å². The van der Waals surface area contributed by atoms with Crippen molar-refractivity contribution in [3.63, 3.8) is 0 Å². The molecule has 112 valence electrons. The summed E-state index contributed by atoms with van der Waals surface area (Å²) in [4.78, 5) is 17.8. The highest BCUT2D eigenvalue weighted by molar-refractivity contribution is 7.94. The molecule has 0 aliphatic rings. The number of nitrogens with zero attached hydrogens (tertiary/aromatic N) is 3. The number of sulfonamides is 1. The highest BCUT2D eigenvalue weighted by Crippen LogP contribution is 2.37. The highest BCUT2D eigenvalue weighted by atomic mass is 32.2. The van der Waals surface area contributed by atoms with Crippen LogP contribution in [0.5, 0.6) is 0 Å². The van der Waals surface area contributed by atoms with Crippen molar-refractivity contribution < 1.29 is 13.3 Å². The molecule has 0 bridgehead atoms. The number of hydrogen-bond donors (Lipinski definition) is 2. The Labute approximate surface area is 124 Å². The Morgan fingerprint density at radius 1 is 1.38 bits per heavy atom. The summed E-state index contributed by atoms with van der Waals surface area (Å²) < 4.78 is 26.3. The molecule has 0 fully saturated rings. The van der Waals surface area contributed by atoms with Gasteiger partial charge in [0.25, 0.3) is 10.0 Å². The minimum absolute atomic E-state index is 0.0986. The van der Waals surface area contributed by atoms with E-state index in [0.29, 0.717) is 6.54 Å². The Kier molecular flexibility index (Phi) is 4.33. The Hall–Kier alpha value is -2.27. The predicted octanol–water partition coefficient (Wildman–Crippen LogP) is 1.68. The van der Waals surface area contributed by atoms with Gasteiger partial charge in [0, 0.05) is 25.0 Å². The summed E-state index contributed by atoms with van der Waals surface area (Å²) >= 11 is 0.780. The van der Waals surface area contributed by atoms with Crippen molar-refractivity contribution in [2.24, 2.45) is 0 Å². The van der Waals surface area contributed by atoms with Crippen LogP contribution in [0.15, 0.2) is 28.7 Å². The maximum Gasteiger partial charge on any atom is 0.304 e. The van der Waals surface area contributed by atoms with Gasteiger partial charge in [-0.3, -0.25) is 10.1 Å². The highest BCUT2D eigenvalue weighted by Gasteiger charge is 2.26. The SMILES string of the molecule is CCNc1sc(S(=O)(=O)Nc2ncccn2)cc1[N+](=O)[O-]. The molecule has 0 aliphatic carbocycles. The van der Waals surface area contributed by atoms with Gasteiger partial charge in [0.05, 0.1) is 4.92 Å². The van der Waals surface area contributed by atoms with Crippen molar-refractivity contribution in [1.82, 2.24) is 9.97 Å². The number of thiophene rings is 1. The number of hydrogen-bond acceptors (Lipinski definition) is 8. The Bertz CT molecular complexity index is 744. The van der Waals surface area contributed by atoms with E-state index in [0.717, 1.165) is 17.4 Å². The molecule has 0 radical (unpaired) electrons. The van der Waals surface area contributed by atoms with Crippen molar-refractivity contribution in [3.8, 4) is 0 Å². The normalized spacial score (nSPS) is 11.1. The molecule has 0 saturated carbocycles. The van der Waals surface area contributed by atoms with E-state index >= 15 is 0 Å². The van der Waals surface area contributed by atoms with Crippen LogP contribution in [0.4, 0.5) is 16.6 Å². The number of anilines is 2. The second kappa shape index (κ2) is 6.01. The predicted molar refractivity (Wildman–Crippen MR) is 78.0 cm³/mol. The van der Waals surface area contributed by atoms with E-state index in [1.807, 2.05) is 0 Å². The number of nitrogens with one attached hydrogen (secondary N) is 2. The summed E-state index contributed by atoms with van der Waals surface area (Å²) in [7, 11) is -3.97. The van der Waals surface area contributed by atoms with Gasteiger partial charge in [-0.1, -0.05) is 11.3 Å². The van der Waals surface area contributed by atoms with Crippen LogP contribution in [0, 0.1) is 10.1 Å². The average molecular weight is 329 g/mol. The Balaban J connectivity index is 2.36. The molecule has 0 aliphatic heterocycles. The van der Waals surface area contributed by atoms with Crippen molar-refractivity contribution >= 4 is 38.0 Å². The van der Waals surface area contributed by atoms with Crippen LogP contribution in [0.1, 0.15) is 6.92 Å². The zero-order valence-corrected chi connectivity index (χ0v) is 12.4. The molecule has 2 N–H and O–H groups in total. The molecule has 0 aromatic carbocycles. The van der Waals surface area contributed by atoms with Crippen molar-refractivity contribution in [3.05, 3.63) is 34.6 Å². The van der Waals surface area contributed by atoms with E-state index in [4.69, 9.17) is 0 Å². The van der Waals surface area contributed by atoms with Crippen LogP contribution in [0.25, 0.3) is 0 Å². The van der Waals surface area contributed by atoms with E-state index in [9.17, 15) is 18.5 Å². The molecule has 0 atom stereocenters. The van der Waals surface area contributed by atoms with Gasteiger partial charge in [-0.25, -0.2) is 23.1 Å². The lowest BCUT2D eigenvalue weighted by Crippen LogP contribution is -2.13. The van der Waals surface area contributed by atoms with E-state index in [1.54, 1.807) is 6.92 Å². The molecule has 0 unspecified atom stereocenters. The molecule has 2 rings (SSSR count). The summed E-state index contributed by atoms with van der Waals surface area (Å²) in [5.74, 6) is -0.0986. The molecule has 21 heavy (non-hydrogen) atoms. The summed E-state index contributed by atoms with van der Waals surface area (Å²) in [6.07, 6.45) is 2.76. The standard InChI is InChI=1S/C10H11N5O4S2/c1-2-11-9-7(15(16)17)6-8(20-9)21(18,19)14-10-12-4-3-5-13-10/h3-6,11H,2H2,1H3,(H,12,13,14). The molecule has 2 heterocycles. The molecule has 11 heteroatoms. The van der Waals surface area contributed by atoms with Crippen LogP contribution in [-0.4, -0.2) is 29.9 Å². The second-order valence-corrected chi connectivity index (χ2v) is 6.71. The lowest BCUT2D eigenvalue weighted by atomic mass is 10.5. The zero-order valence-electron chi connectivity index (χ0n) is 10.8. The van der Waals surface area contributed by atoms with Crippen LogP contribution >= 0.6 is 11.3 Å². The lowest BCUT2D eigenvalue weighted by molar-refractivity contribution is -0.383. The third-order valence-electron chi connectivity index (χ3n) is 2.28. The van der Waals surface area contributed by atoms with Crippen LogP contribution < -0.4 is 10.0 Å². The number of aromatic nitrogens is 2.